The fourth-order valence-corrected chi connectivity index (χ4v) is 0.974. The van der Waals surface area contributed by atoms with Crippen LogP contribution in [0.15, 0.2) is 30.3 Å². The van der Waals surface area contributed by atoms with Crippen LogP contribution in [0.3, 0.4) is 0 Å². The Labute approximate surface area is 66.8 Å². The van der Waals surface area contributed by atoms with Crippen molar-refractivity contribution in [3.8, 4) is 0 Å². The van der Waals surface area contributed by atoms with E-state index in [0.29, 0.717) is 0 Å². The molecule has 0 saturated carbocycles. The molecule has 0 aliphatic heterocycles. The van der Waals surface area contributed by atoms with E-state index >= 15 is 0 Å². The first kappa shape index (κ1) is 7.62. The summed E-state index contributed by atoms with van der Waals surface area (Å²) in [6, 6.07) is 9.99. The Kier molecular flexibility index (Phi) is 2.76. The third kappa shape index (κ3) is 1.74. The summed E-state index contributed by atoms with van der Waals surface area (Å²) in [7, 11) is 0. The van der Waals surface area contributed by atoms with Crippen molar-refractivity contribution in [1.29, 1.82) is 0 Å². The molecule has 0 fully saturated rings. The first-order valence-electron chi connectivity index (χ1n) is 3.33. The van der Waals surface area contributed by atoms with Gasteiger partial charge in [0.05, 0.1) is 5.38 Å². The third-order valence-corrected chi connectivity index (χ3v) is 1.88. The van der Waals surface area contributed by atoms with Crippen LogP contribution < -0.4 is 0 Å². The molecule has 0 amide bonds. The van der Waals surface area contributed by atoms with Crippen LogP contribution in [0, 0.1) is 6.92 Å². The van der Waals surface area contributed by atoms with Crippen LogP contribution in [-0.4, -0.2) is 0 Å². The Morgan fingerprint density at radius 2 is 1.90 bits per heavy atom. The van der Waals surface area contributed by atoms with Gasteiger partial charge in [0.25, 0.3) is 0 Å². The molecule has 1 aromatic carbocycles. The van der Waals surface area contributed by atoms with E-state index in [1.165, 1.54) is 0 Å². The number of hydrogen-bond donors (Lipinski definition) is 0. The maximum atomic E-state index is 5.93. The van der Waals surface area contributed by atoms with E-state index in [2.05, 4.69) is 6.92 Å². The molecule has 1 heteroatoms. The SMILES string of the molecule is [CH2]CC(Cl)c1ccccc1. The number of benzene rings is 1. The lowest BCUT2D eigenvalue weighted by molar-refractivity contribution is 0.954. The lowest BCUT2D eigenvalue weighted by atomic mass is 10.1. The zero-order chi connectivity index (χ0) is 7.40. The lowest BCUT2D eigenvalue weighted by Gasteiger charge is -2.04. The Hall–Kier alpha value is -0.490. The van der Waals surface area contributed by atoms with Gasteiger partial charge in [-0.2, -0.15) is 0 Å². The third-order valence-electron chi connectivity index (χ3n) is 1.41. The van der Waals surface area contributed by atoms with Crippen LogP contribution in [0.4, 0.5) is 0 Å². The van der Waals surface area contributed by atoms with Crippen molar-refractivity contribution in [2.75, 3.05) is 0 Å². The molecule has 0 aromatic heterocycles. The van der Waals surface area contributed by atoms with Crippen molar-refractivity contribution in [2.24, 2.45) is 0 Å². The minimum atomic E-state index is 0.0706. The van der Waals surface area contributed by atoms with E-state index < -0.39 is 0 Å². The van der Waals surface area contributed by atoms with Gasteiger partial charge in [-0.1, -0.05) is 37.3 Å². The molecule has 1 aromatic rings. The normalized spacial score (nSPS) is 13.0. The number of rotatable bonds is 2. The highest BCUT2D eigenvalue weighted by Gasteiger charge is 2.01. The molecule has 10 heavy (non-hydrogen) atoms. The second-order valence-electron chi connectivity index (χ2n) is 2.17. The summed E-state index contributed by atoms with van der Waals surface area (Å²) in [5, 5.41) is 0.0706. The molecule has 0 N–H and O–H groups in total. The molecule has 0 saturated heterocycles. The summed E-state index contributed by atoms with van der Waals surface area (Å²) in [5.41, 5.74) is 1.15. The average Bonchev–Trinajstić information content (AvgIpc) is 2.05. The summed E-state index contributed by atoms with van der Waals surface area (Å²) in [4.78, 5) is 0. The molecule has 0 bridgehead atoms. The van der Waals surface area contributed by atoms with Crippen LogP contribution in [-0.2, 0) is 0 Å². The maximum absolute atomic E-state index is 5.93. The molecule has 1 unspecified atom stereocenters. The first-order valence-corrected chi connectivity index (χ1v) is 3.76. The Balaban J connectivity index is 2.75. The van der Waals surface area contributed by atoms with Crippen molar-refractivity contribution < 1.29 is 0 Å². The maximum Gasteiger partial charge on any atom is 0.0585 e. The topological polar surface area (TPSA) is 0 Å². The van der Waals surface area contributed by atoms with Gasteiger partial charge in [0, 0.05) is 0 Å². The van der Waals surface area contributed by atoms with Gasteiger partial charge in [0.1, 0.15) is 0 Å². The van der Waals surface area contributed by atoms with Crippen molar-refractivity contribution in [1.82, 2.24) is 0 Å². The van der Waals surface area contributed by atoms with Gasteiger partial charge >= 0.3 is 0 Å². The van der Waals surface area contributed by atoms with Crippen LogP contribution in [0.5, 0.6) is 0 Å². The van der Waals surface area contributed by atoms with Gasteiger partial charge in [0.15, 0.2) is 0 Å². The summed E-state index contributed by atoms with van der Waals surface area (Å²) in [6.45, 7) is 3.73. The molecule has 0 spiro atoms. The van der Waals surface area contributed by atoms with Crippen molar-refractivity contribution in [2.45, 2.75) is 11.8 Å². The molecular formula is C9H10Cl. The highest BCUT2D eigenvalue weighted by molar-refractivity contribution is 6.20. The molecule has 0 aliphatic carbocycles. The zero-order valence-electron chi connectivity index (χ0n) is 5.76. The molecule has 1 rings (SSSR count). The molecule has 53 valence electrons. The number of alkyl halides is 1. The predicted octanol–water partition coefficient (Wildman–Crippen LogP) is 3.19. The number of halogens is 1. The second-order valence-corrected chi connectivity index (χ2v) is 2.69. The van der Waals surface area contributed by atoms with E-state index in [0.717, 1.165) is 12.0 Å². The fraction of sp³-hybridized carbons (Fsp3) is 0.222. The van der Waals surface area contributed by atoms with Gasteiger partial charge in [-0.05, 0) is 12.0 Å². The van der Waals surface area contributed by atoms with Crippen molar-refractivity contribution in [3.63, 3.8) is 0 Å². The molecule has 0 nitrogen and oxygen atoms in total. The fourth-order valence-electron chi connectivity index (χ4n) is 0.829. The van der Waals surface area contributed by atoms with E-state index in [1.807, 2.05) is 30.3 Å². The van der Waals surface area contributed by atoms with Crippen LogP contribution in [0.1, 0.15) is 17.4 Å². The Bertz CT molecular complexity index is 181. The van der Waals surface area contributed by atoms with Crippen LogP contribution in [0.2, 0.25) is 0 Å². The smallest absolute Gasteiger partial charge is 0.0585 e. The van der Waals surface area contributed by atoms with Crippen LogP contribution >= 0.6 is 11.6 Å². The second kappa shape index (κ2) is 3.62. The monoisotopic (exact) mass is 153 g/mol. The van der Waals surface area contributed by atoms with Crippen LogP contribution in [0.25, 0.3) is 0 Å². The van der Waals surface area contributed by atoms with Gasteiger partial charge in [-0.25, -0.2) is 0 Å². The van der Waals surface area contributed by atoms with E-state index in [4.69, 9.17) is 11.6 Å². The molecule has 0 aliphatic rings. The highest BCUT2D eigenvalue weighted by Crippen LogP contribution is 2.22. The molecule has 1 atom stereocenters. The predicted molar refractivity (Wildman–Crippen MR) is 45.0 cm³/mol. The van der Waals surface area contributed by atoms with Gasteiger partial charge < -0.3 is 0 Å². The summed E-state index contributed by atoms with van der Waals surface area (Å²) >= 11 is 5.93. The zero-order valence-corrected chi connectivity index (χ0v) is 6.51. The number of hydrogen-bond acceptors (Lipinski definition) is 0. The summed E-state index contributed by atoms with van der Waals surface area (Å²) in [5.74, 6) is 0. The highest BCUT2D eigenvalue weighted by atomic mass is 35.5. The molecular weight excluding hydrogens is 144 g/mol. The Morgan fingerprint density at radius 1 is 1.30 bits per heavy atom. The first-order chi connectivity index (χ1) is 4.84. The summed E-state index contributed by atoms with van der Waals surface area (Å²) in [6.07, 6.45) is 0.742. The van der Waals surface area contributed by atoms with E-state index in [1.54, 1.807) is 0 Å². The largest absolute Gasteiger partial charge is 0.118 e. The molecule has 1 radical (unpaired) electrons. The summed E-state index contributed by atoms with van der Waals surface area (Å²) < 4.78 is 0. The lowest BCUT2D eigenvalue weighted by Crippen LogP contribution is -1.85. The standard InChI is InChI=1S/C9H10Cl/c1-2-9(10)8-6-4-3-5-7-8/h3-7,9H,1-2H2. The average molecular weight is 154 g/mol. The molecule has 0 heterocycles. The van der Waals surface area contributed by atoms with Crippen molar-refractivity contribution >= 4 is 11.6 Å². The minimum Gasteiger partial charge on any atom is -0.118 e. The van der Waals surface area contributed by atoms with Gasteiger partial charge in [-0.15, -0.1) is 11.6 Å². The quantitative estimate of drug-likeness (QED) is 0.573. The van der Waals surface area contributed by atoms with Gasteiger partial charge in [-0.3, -0.25) is 0 Å². The Morgan fingerprint density at radius 3 is 2.40 bits per heavy atom. The van der Waals surface area contributed by atoms with Crippen molar-refractivity contribution in [3.05, 3.63) is 42.8 Å². The minimum absolute atomic E-state index is 0.0706. The van der Waals surface area contributed by atoms with Gasteiger partial charge in [0.2, 0.25) is 0 Å². The van der Waals surface area contributed by atoms with E-state index in [-0.39, 0.29) is 5.38 Å². The van der Waals surface area contributed by atoms with E-state index in [9.17, 15) is 0 Å².